The smallest absolute Gasteiger partial charge is 0.263 e. The number of hydrogen-bond acceptors (Lipinski definition) is 3. The van der Waals surface area contributed by atoms with Crippen molar-refractivity contribution in [1.29, 1.82) is 0 Å². The maximum atomic E-state index is 13.8. The zero-order chi connectivity index (χ0) is 15.0. The standard InChI is InChI=1S/C15H15ClFNO2S/c1-8(10-5-3-7-20-10)18-15(19)14-13(16)12-9(17)4-2-6-11(12)21-14/h2,4,6,8,10H,3,5,7H2,1H3,(H,18,19)/t8-,10-/m0/s1. The third-order valence-corrected chi connectivity index (χ3v) is 5.34. The first-order valence-corrected chi connectivity index (χ1v) is 8.06. The molecule has 3 nitrogen and oxygen atoms in total. The molecule has 1 N–H and O–H groups in total. The van der Waals surface area contributed by atoms with Gasteiger partial charge in [0.2, 0.25) is 0 Å². The Labute approximate surface area is 131 Å². The Morgan fingerprint density at radius 1 is 1.57 bits per heavy atom. The predicted octanol–water partition coefficient (Wildman–Crippen LogP) is 3.99. The lowest BCUT2D eigenvalue weighted by molar-refractivity contribution is 0.0715. The Morgan fingerprint density at radius 2 is 2.38 bits per heavy atom. The minimum Gasteiger partial charge on any atom is -0.376 e. The second-order valence-electron chi connectivity index (χ2n) is 5.17. The number of halogens is 2. The van der Waals surface area contributed by atoms with Crippen LogP contribution in [0.2, 0.25) is 5.02 Å². The van der Waals surface area contributed by atoms with Crippen LogP contribution in [-0.2, 0) is 4.74 Å². The van der Waals surface area contributed by atoms with E-state index >= 15 is 0 Å². The zero-order valence-corrected chi connectivity index (χ0v) is 13.1. The molecule has 0 saturated carbocycles. The average Bonchev–Trinajstić information content (AvgIpc) is 3.07. The number of nitrogens with one attached hydrogen (secondary N) is 1. The SMILES string of the molecule is C[C@H](NC(=O)c1sc2cccc(F)c2c1Cl)[C@@H]1CCCO1. The Balaban J connectivity index is 1.84. The quantitative estimate of drug-likeness (QED) is 0.925. The molecule has 1 saturated heterocycles. The average molecular weight is 328 g/mol. The predicted molar refractivity (Wildman–Crippen MR) is 82.7 cm³/mol. The summed E-state index contributed by atoms with van der Waals surface area (Å²) < 4.78 is 20.0. The van der Waals surface area contributed by atoms with Gasteiger partial charge in [0, 0.05) is 16.7 Å². The molecule has 0 radical (unpaired) electrons. The highest BCUT2D eigenvalue weighted by Crippen LogP contribution is 2.36. The van der Waals surface area contributed by atoms with Gasteiger partial charge in [0.15, 0.2) is 0 Å². The molecule has 2 aromatic rings. The summed E-state index contributed by atoms with van der Waals surface area (Å²) in [6.07, 6.45) is 1.99. The molecule has 0 bridgehead atoms. The molecule has 6 heteroatoms. The minimum absolute atomic E-state index is 0.0406. The summed E-state index contributed by atoms with van der Waals surface area (Å²) in [4.78, 5) is 12.7. The van der Waals surface area contributed by atoms with E-state index in [0.29, 0.717) is 15.0 Å². The number of carbonyl (C=O) groups excluding carboxylic acids is 1. The fraction of sp³-hybridized carbons (Fsp3) is 0.400. The van der Waals surface area contributed by atoms with E-state index in [2.05, 4.69) is 5.32 Å². The number of thiophene rings is 1. The fourth-order valence-electron chi connectivity index (χ4n) is 2.58. The minimum atomic E-state index is -0.403. The molecule has 0 aliphatic carbocycles. The van der Waals surface area contributed by atoms with Crippen LogP contribution >= 0.6 is 22.9 Å². The highest BCUT2D eigenvalue weighted by molar-refractivity contribution is 7.21. The lowest BCUT2D eigenvalue weighted by atomic mass is 10.1. The van der Waals surface area contributed by atoms with Gasteiger partial charge in [-0.05, 0) is 31.9 Å². The van der Waals surface area contributed by atoms with Gasteiger partial charge in [-0.3, -0.25) is 4.79 Å². The molecule has 1 amide bonds. The van der Waals surface area contributed by atoms with Crippen molar-refractivity contribution in [3.63, 3.8) is 0 Å². The molecular weight excluding hydrogens is 313 g/mol. The van der Waals surface area contributed by atoms with Crippen LogP contribution in [0.3, 0.4) is 0 Å². The second-order valence-corrected chi connectivity index (χ2v) is 6.60. The van der Waals surface area contributed by atoms with Gasteiger partial charge in [0.05, 0.1) is 17.2 Å². The van der Waals surface area contributed by atoms with E-state index in [0.717, 1.165) is 19.4 Å². The van der Waals surface area contributed by atoms with Crippen LogP contribution in [0.15, 0.2) is 18.2 Å². The first-order valence-electron chi connectivity index (χ1n) is 6.87. The lowest BCUT2D eigenvalue weighted by Crippen LogP contribution is -2.40. The summed E-state index contributed by atoms with van der Waals surface area (Å²) in [5.41, 5.74) is 0. The van der Waals surface area contributed by atoms with Crippen LogP contribution in [0.4, 0.5) is 4.39 Å². The van der Waals surface area contributed by atoms with Crippen LogP contribution in [0, 0.1) is 5.82 Å². The van der Waals surface area contributed by atoms with Gasteiger partial charge in [0.25, 0.3) is 5.91 Å². The van der Waals surface area contributed by atoms with Crippen LogP contribution in [0.1, 0.15) is 29.4 Å². The Kier molecular flexibility index (Phi) is 4.15. The van der Waals surface area contributed by atoms with E-state index in [4.69, 9.17) is 16.3 Å². The third kappa shape index (κ3) is 2.78. The number of rotatable bonds is 3. The van der Waals surface area contributed by atoms with Crippen LogP contribution in [0.25, 0.3) is 10.1 Å². The maximum absolute atomic E-state index is 13.8. The molecule has 0 spiro atoms. The molecule has 1 aliphatic rings. The summed E-state index contributed by atoms with van der Waals surface area (Å²) in [5, 5.41) is 3.40. The van der Waals surface area contributed by atoms with Crippen LogP contribution in [0.5, 0.6) is 0 Å². The molecule has 3 rings (SSSR count). The molecule has 1 aromatic heterocycles. The number of hydrogen-bond donors (Lipinski definition) is 1. The van der Waals surface area contributed by atoms with Crippen LogP contribution in [-0.4, -0.2) is 24.7 Å². The lowest BCUT2D eigenvalue weighted by Gasteiger charge is -2.19. The number of benzene rings is 1. The van der Waals surface area contributed by atoms with Crippen molar-refractivity contribution in [3.8, 4) is 0 Å². The number of fused-ring (bicyclic) bond motifs is 1. The fourth-order valence-corrected chi connectivity index (χ4v) is 4.04. The highest BCUT2D eigenvalue weighted by Gasteiger charge is 2.26. The van der Waals surface area contributed by atoms with Gasteiger partial charge in [-0.15, -0.1) is 11.3 Å². The molecule has 1 aromatic carbocycles. The first kappa shape index (κ1) is 14.8. The number of carbonyl (C=O) groups is 1. The van der Waals surface area contributed by atoms with Gasteiger partial charge in [0.1, 0.15) is 10.7 Å². The van der Waals surface area contributed by atoms with Crippen molar-refractivity contribution in [2.24, 2.45) is 0 Å². The van der Waals surface area contributed by atoms with Gasteiger partial charge in [-0.25, -0.2) is 4.39 Å². The summed E-state index contributed by atoms with van der Waals surface area (Å²) >= 11 is 7.38. The molecule has 0 unspecified atom stereocenters. The summed E-state index contributed by atoms with van der Waals surface area (Å²) in [6, 6.07) is 4.62. The maximum Gasteiger partial charge on any atom is 0.263 e. The van der Waals surface area contributed by atoms with E-state index in [1.807, 2.05) is 6.92 Å². The second kappa shape index (κ2) is 5.91. The molecule has 112 valence electrons. The molecule has 2 atom stereocenters. The topological polar surface area (TPSA) is 38.3 Å². The zero-order valence-electron chi connectivity index (χ0n) is 11.5. The number of amides is 1. The monoisotopic (exact) mass is 327 g/mol. The summed E-state index contributed by atoms with van der Waals surface area (Å²) in [6.45, 7) is 2.65. The van der Waals surface area contributed by atoms with Crippen molar-refractivity contribution < 1.29 is 13.9 Å². The van der Waals surface area contributed by atoms with Crippen molar-refractivity contribution >= 4 is 38.9 Å². The van der Waals surface area contributed by atoms with Gasteiger partial charge in [-0.1, -0.05) is 17.7 Å². The van der Waals surface area contributed by atoms with Crippen molar-refractivity contribution in [2.75, 3.05) is 6.61 Å². The van der Waals surface area contributed by atoms with Gasteiger partial charge >= 0.3 is 0 Å². The first-order chi connectivity index (χ1) is 10.1. The largest absolute Gasteiger partial charge is 0.376 e. The molecule has 21 heavy (non-hydrogen) atoms. The summed E-state index contributed by atoms with van der Waals surface area (Å²) in [7, 11) is 0. The van der Waals surface area contributed by atoms with E-state index in [-0.39, 0.29) is 23.1 Å². The van der Waals surface area contributed by atoms with Gasteiger partial charge < -0.3 is 10.1 Å². The van der Waals surface area contributed by atoms with E-state index < -0.39 is 5.82 Å². The Bertz CT molecular complexity index is 682. The molecular formula is C15H15ClFNO2S. The third-order valence-electron chi connectivity index (χ3n) is 3.69. The molecule has 1 fully saturated rings. The van der Waals surface area contributed by atoms with Gasteiger partial charge in [-0.2, -0.15) is 0 Å². The number of ether oxygens (including phenoxy) is 1. The van der Waals surface area contributed by atoms with Crippen molar-refractivity contribution in [1.82, 2.24) is 5.32 Å². The van der Waals surface area contributed by atoms with Crippen molar-refractivity contribution in [3.05, 3.63) is 33.9 Å². The molecule has 1 aliphatic heterocycles. The summed E-state index contributed by atoms with van der Waals surface area (Å²) in [5.74, 6) is -0.677. The Hall–Kier alpha value is -1.17. The molecule has 2 heterocycles. The van der Waals surface area contributed by atoms with E-state index in [9.17, 15) is 9.18 Å². The van der Waals surface area contributed by atoms with E-state index in [1.165, 1.54) is 17.4 Å². The van der Waals surface area contributed by atoms with E-state index in [1.54, 1.807) is 12.1 Å². The van der Waals surface area contributed by atoms with Crippen molar-refractivity contribution in [2.45, 2.75) is 31.9 Å². The normalized spacial score (nSPS) is 19.9. The highest BCUT2D eigenvalue weighted by atomic mass is 35.5. The Morgan fingerprint density at radius 3 is 3.05 bits per heavy atom. The van der Waals surface area contributed by atoms with Crippen LogP contribution < -0.4 is 5.32 Å².